The molecule has 0 fully saturated rings. The highest BCUT2D eigenvalue weighted by molar-refractivity contribution is 7.00. The third-order valence-electron chi connectivity index (χ3n) is 3.28. The highest BCUT2D eigenvalue weighted by Crippen LogP contribution is 2.28. The summed E-state index contributed by atoms with van der Waals surface area (Å²) in [6, 6.07) is 10.7. The number of aromatic amines is 1. The molecule has 2 aromatic carbocycles. The lowest BCUT2D eigenvalue weighted by molar-refractivity contribution is 0.0699. The van der Waals surface area contributed by atoms with Gasteiger partial charge >= 0.3 is 5.97 Å². The maximum absolute atomic E-state index is 11.3. The molecular weight excluding hydrogens is 288 g/mol. The number of aromatic carboxylic acids is 1. The van der Waals surface area contributed by atoms with Gasteiger partial charge in [0.1, 0.15) is 22.4 Å². The third kappa shape index (κ3) is 1.78. The van der Waals surface area contributed by atoms with Crippen LogP contribution in [0.2, 0.25) is 0 Å². The van der Waals surface area contributed by atoms with Crippen molar-refractivity contribution in [1.29, 1.82) is 0 Å². The van der Waals surface area contributed by atoms with E-state index in [1.54, 1.807) is 18.2 Å². The van der Waals surface area contributed by atoms with Crippen LogP contribution in [-0.4, -0.2) is 29.8 Å². The van der Waals surface area contributed by atoms with Crippen LogP contribution in [0.15, 0.2) is 36.4 Å². The molecule has 2 heterocycles. The SMILES string of the molecule is O=C(O)c1cccc2[nH]c(-c3cccc4nsnc34)nc12. The number of fused-ring (bicyclic) bond motifs is 2. The van der Waals surface area contributed by atoms with Crippen LogP contribution in [-0.2, 0) is 0 Å². The van der Waals surface area contributed by atoms with Crippen molar-refractivity contribution in [2.24, 2.45) is 0 Å². The van der Waals surface area contributed by atoms with Crippen molar-refractivity contribution in [3.8, 4) is 11.4 Å². The Hall–Kier alpha value is -2.80. The number of carboxylic acids is 1. The number of rotatable bonds is 2. The predicted molar refractivity (Wildman–Crippen MR) is 79.5 cm³/mol. The number of carboxylic acid groups (broad SMARTS) is 1. The summed E-state index contributed by atoms with van der Waals surface area (Å²) in [6.07, 6.45) is 0. The fourth-order valence-electron chi connectivity index (χ4n) is 2.33. The molecule has 21 heavy (non-hydrogen) atoms. The van der Waals surface area contributed by atoms with E-state index in [4.69, 9.17) is 0 Å². The van der Waals surface area contributed by atoms with E-state index in [1.807, 2.05) is 18.2 Å². The minimum absolute atomic E-state index is 0.179. The Balaban J connectivity index is 2.01. The minimum Gasteiger partial charge on any atom is -0.478 e. The van der Waals surface area contributed by atoms with Gasteiger partial charge in [-0.15, -0.1) is 0 Å². The number of hydrogen-bond donors (Lipinski definition) is 2. The molecule has 4 aromatic rings. The van der Waals surface area contributed by atoms with Crippen molar-refractivity contribution < 1.29 is 9.90 Å². The molecule has 0 aliphatic heterocycles. The van der Waals surface area contributed by atoms with Crippen LogP contribution in [0.4, 0.5) is 0 Å². The molecule has 0 aliphatic rings. The lowest BCUT2D eigenvalue weighted by atomic mass is 10.2. The Labute approximate surface area is 122 Å². The van der Waals surface area contributed by atoms with Crippen LogP contribution in [0, 0.1) is 0 Å². The van der Waals surface area contributed by atoms with Gasteiger partial charge in [-0.1, -0.05) is 12.1 Å². The van der Waals surface area contributed by atoms with E-state index in [-0.39, 0.29) is 5.56 Å². The molecule has 0 radical (unpaired) electrons. The largest absolute Gasteiger partial charge is 0.478 e. The summed E-state index contributed by atoms with van der Waals surface area (Å²) in [4.78, 5) is 18.8. The summed E-state index contributed by atoms with van der Waals surface area (Å²) in [6.45, 7) is 0. The minimum atomic E-state index is -0.993. The van der Waals surface area contributed by atoms with Crippen molar-refractivity contribution in [1.82, 2.24) is 18.7 Å². The van der Waals surface area contributed by atoms with E-state index in [0.29, 0.717) is 16.9 Å². The van der Waals surface area contributed by atoms with E-state index in [2.05, 4.69) is 18.7 Å². The van der Waals surface area contributed by atoms with Crippen LogP contribution >= 0.6 is 11.7 Å². The average molecular weight is 296 g/mol. The Morgan fingerprint density at radius 3 is 2.81 bits per heavy atom. The number of hydrogen-bond acceptors (Lipinski definition) is 5. The summed E-state index contributed by atoms with van der Waals surface area (Å²) in [5.74, 6) is -0.399. The molecule has 2 aromatic heterocycles. The van der Waals surface area contributed by atoms with Gasteiger partial charge in [0.05, 0.1) is 22.8 Å². The molecule has 2 N–H and O–H groups in total. The normalized spacial score (nSPS) is 11.2. The van der Waals surface area contributed by atoms with Crippen molar-refractivity contribution in [2.45, 2.75) is 0 Å². The molecule has 0 spiro atoms. The molecule has 0 aliphatic carbocycles. The fourth-order valence-corrected chi connectivity index (χ4v) is 2.88. The molecule has 0 amide bonds. The first-order valence-corrected chi connectivity index (χ1v) is 6.91. The Bertz CT molecular complexity index is 989. The van der Waals surface area contributed by atoms with Crippen LogP contribution in [0.3, 0.4) is 0 Å². The van der Waals surface area contributed by atoms with E-state index in [9.17, 15) is 9.90 Å². The first-order valence-electron chi connectivity index (χ1n) is 6.18. The van der Waals surface area contributed by atoms with Gasteiger partial charge in [0, 0.05) is 5.56 Å². The maximum atomic E-state index is 11.3. The maximum Gasteiger partial charge on any atom is 0.337 e. The van der Waals surface area contributed by atoms with Crippen LogP contribution in [0.25, 0.3) is 33.5 Å². The van der Waals surface area contributed by atoms with Crippen LogP contribution < -0.4 is 0 Å². The average Bonchev–Trinajstić information content (AvgIpc) is 3.12. The van der Waals surface area contributed by atoms with Gasteiger partial charge < -0.3 is 10.1 Å². The molecule has 0 bridgehead atoms. The van der Waals surface area contributed by atoms with E-state index >= 15 is 0 Å². The molecule has 0 saturated carbocycles. The Morgan fingerprint density at radius 1 is 1.10 bits per heavy atom. The molecular formula is C14H8N4O2S. The summed E-state index contributed by atoms with van der Waals surface area (Å²) in [5, 5.41) is 9.23. The first kappa shape index (κ1) is 12.0. The monoisotopic (exact) mass is 296 g/mol. The van der Waals surface area contributed by atoms with Crippen molar-refractivity contribution in [3.63, 3.8) is 0 Å². The smallest absolute Gasteiger partial charge is 0.337 e. The Kier molecular flexibility index (Phi) is 2.48. The molecule has 0 saturated heterocycles. The van der Waals surface area contributed by atoms with Crippen LogP contribution in [0.1, 0.15) is 10.4 Å². The summed E-state index contributed by atoms with van der Waals surface area (Å²) < 4.78 is 8.48. The number of nitrogens with one attached hydrogen (secondary N) is 1. The number of H-pyrrole nitrogens is 1. The summed E-state index contributed by atoms with van der Waals surface area (Å²) in [5.41, 5.74) is 3.69. The summed E-state index contributed by atoms with van der Waals surface area (Å²) >= 11 is 1.14. The number of aromatic nitrogens is 4. The van der Waals surface area contributed by atoms with E-state index < -0.39 is 5.97 Å². The predicted octanol–water partition coefficient (Wildman–Crippen LogP) is 2.93. The van der Waals surface area contributed by atoms with Gasteiger partial charge in [-0.3, -0.25) is 0 Å². The number of para-hydroxylation sites is 1. The Morgan fingerprint density at radius 2 is 1.95 bits per heavy atom. The lowest BCUT2D eigenvalue weighted by Crippen LogP contribution is -1.96. The first-order chi connectivity index (χ1) is 10.2. The van der Waals surface area contributed by atoms with Gasteiger partial charge in [0.15, 0.2) is 0 Å². The number of nitrogens with zero attached hydrogens (tertiary/aromatic N) is 3. The topological polar surface area (TPSA) is 91.8 Å². The second kappa shape index (κ2) is 4.35. The zero-order valence-corrected chi connectivity index (χ0v) is 11.4. The van der Waals surface area contributed by atoms with Gasteiger partial charge in [-0.05, 0) is 24.3 Å². The molecule has 6 nitrogen and oxygen atoms in total. The van der Waals surface area contributed by atoms with Crippen molar-refractivity contribution in [2.75, 3.05) is 0 Å². The second-order valence-electron chi connectivity index (χ2n) is 4.53. The number of carbonyl (C=O) groups is 1. The quantitative estimate of drug-likeness (QED) is 0.593. The number of imidazole rings is 1. The standard InChI is InChI=1S/C14H8N4O2S/c19-14(20)8-4-2-5-9-11(8)16-13(15-9)7-3-1-6-10-12(7)18-21-17-10/h1-6H,(H,15,16)(H,19,20). The van der Waals surface area contributed by atoms with Gasteiger partial charge in [0.2, 0.25) is 0 Å². The molecule has 102 valence electrons. The van der Waals surface area contributed by atoms with Gasteiger partial charge in [-0.2, -0.15) is 8.75 Å². The van der Waals surface area contributed by atoms with Crippen LogP contribution in [0.5, 0.6) is 0 Å². The summed E-state index contributed by atoms with van der Waals surface area (Å²) in [7, 11) is 0. The molecule has 0 unspecified atom stereocenters. The lowest BCUT2D eigenvalue weighted by Gasteiger charge is -1.96. The number of benzene rings is 2. The van der Waals surface area contributed by atoms with Crippen molar-refractivity contribution >= 4 is 39.8 Å². The zero-order chi connectivity index (χ0) is 14.4. The molecule has 7 heteroatoms. The van der Waals surface area contributed by atoms with Gasteiger partial charge in [0.25, 0.3) is 0 Å². The molecule has 4 rings (SSSR count). The molecule has 0 atom stereocenters. The van der Waals surface area contributed by atoms with Crippen molar-refractivity contribution in [3.05, 3.63) is 42.0 Å². The highest BCUT2D eigenvalue weighted by Gasteiger charge is 2.15. The fraction of sp³-hybridized carbons (Fsp3) is 0. The highest BCUT2D eigenvalue weighted by atomic mass is 32.1. The second-order valence-corrected chi connectivity index (χ2v) is 5.06. The van der Waals surface area contributed by atoms with E-state index in [0.717, 1.165) is 28.3 Å². The van der Waals surface area contributed by atoms with E-state index in [1.165, 1.54) is 0 Å². The third-order valence-corrected chi connectivity index (χ3v) is 3.83. The zero-order valence-electron chi connectivity index (χ0n) is 10.6. The van der Waals surface area contributed by atoms with Gasteiger partial charge in [-0.25, -0.2) is 9.78 Å².